The monoisotopic (exact) mass is 286 g/mol. The molecule has 0 radical (unpaired) electrons. The fourth-order valence-corrected chi connectivity index (χ4v) is 2.12. The third-order valence-electron chi connectivity index (χ3n) is 3.51. The van der Waals surface area contributed by atoms with Gasteiger partial charge in [-0.1, -0.05) is 6.92 Å². The fraction of sp³-hybridized carbons (Fsp3) is 0.500. The van der Waals surface area contributed by atoms with Crippen LogP contribution in [0.5, 0.6) is 0 Å². The summed E-state index contributed by atoms with van der Waals surface area (Å²) in [6, 6.07) is 3.37. The van der Waals surface area contributed by atoms with Crippen molar-refractivity contribution in [2.24, 2.45) is 11.8 Å². The molecule has 110 valence electrons. The molecule has 6 heteroatoms. The number of benzene rings is 1. The molecule has 0 aromatic heterocycles. The van der Waals surface area contributed by atoms with Crippen LogP contribution >= 0.6 is 0 Å². The average Bonchev–Trinajstić information content (AvgIpc) is 3.05. The summed E-state index contributed by atoms with van der Waals surface area (Å²) in [4.78, 5) is 13.6. The van der Waals surface area contributed by atoms with Gasteiger partial charge in [-0.15, -0.1) is 0 Å². The van der Waals surface area contributed by atoms with Gasteiger partial charge in [0, 0.05) is 20.0 Å². The number of alkyl halides is 3. The van der Waals surface area contributed by atoms with E-state index in [1.807, 2.05) is 6.92 Å². The van der Waals surface area contributed by atoms with Gasteiger partial charge in [-0.3, -0.25) is 4.79 Å². The van der Waals surface area contributed by atoms with E-state index in [4.69, 9.17) is 0 Å². The van der Waals surface area contributed by atoms with Gasteiger partial charge in [-0.05, 0) is 30.5 Å². The van der Waals surface area contributed by atoms with E-state index in [1.54, 1.807) is 19.0 Å². The smallest absolute Gasteiger partial charge is 0.376 e. The Bertz CT molecular complexity index is 526. The topological polar surface area (TPSA) is 32.3 Å². The minimum absolute atomic E-state index is 0.0837. The quantitative estimate of drug-likeness (QED) is 0.924. The van der Waals surface area contributed by atoms with Crippen molar-refractivity contribution in [2.75, 3.05) is 24.3 Å². The van der Waals surface area contributed by atoms with Crippen molar-refractivity contribution in [1.82, 2.24) is 0 Å². The summed E-state index contributed by atoms with van der Waals surface area (Å²) < 4.78 is 38.2. The number of carbonyl (C=O) groups is 1. The molecule has 1 aromatic carbocycles. The molecular weight excluding hydrogens is 269 g/mol. The molecule has 2 atom stereocenters. The highest BCUT2D eigenvalue weighted by Gasteiger charge is 2.39. The molecule has 1 saturated carbocycles. The highest BCUT2D eigenvalue weighted by atomic mass is 19.4. The van der Waals surface area contributed by atoms with Gasteiger partial charge < -0.3 is 10.2 Å². The first-order chi connectivity index (χ1) is 9.20. The van der Waals surface area contributed by atoms with Crippen molar-refractivity contribution in [2.45, 2.75) is 19.5 Å². The van der Waals surface area contributed by atoms with Gasteiger partial charge in [0.2, 0.25) is 5.91 Å². The van der Waals surface area contributed by atoms with Crippen LogP contribution in [0.25, 0.3) is 0 Å². The van der Waals surface area contributed by atoms with Crippen LogP contribution in [0.3, 0.4) is 0 Å². The summed E-state index contributed by atoms with van der Waals surface area (Å²) in [5.74, 6) is 0.0167. The summed E-state index contributed by atoms with van der Waals surface area (Å²) in [5, 5.41) is 2.62. The third kappa shape index (κ3) is 3.05. The highest BCUT2D eigenvalue weighted by Crippen LogP contribution is 2.40. The molecule has 0 spiro atoms. The van der Waals surface area contributed by atoms with E-state index in [2.05, 4.69) is 5.32 Å². The van der Waals surface area contributed by atoms with Crippen molar-refractivity contribution in [3.8, 4) is 0 Å². The van der Waals surface area contributed by atoms with Gasteiger partial charge in [0.05, 0.1) is 16.9 Å². The molecule has 20 heavy (non-hydrogen) atoms. The molecule has 1 aliphatic rings. The number of hydrogen-bond acceptors (Lipinski definition) is 2. The zero-order valence-electron chi connectivity index (χ0n) is 11.6. The Morgan fingerprint density at radius 2 is 1.95 bits per heavy atom. The van der Waals surface area contributed by atoms with Crippen molar-refractivity contribution in [3.63, 3.8) is 0 Å². The summed E-state index contributed by atoms with van der Waals surface area (Å²) in [7, 11) is 3.44. The van der Waals surface area contributed by atoms with Crippen molar-refractivity contribution < 1.29 is 18.0 Å². The summed E-state index contributed by atoms with van der Waals surface area (Å²) >= 11 is 0. The number of halogens is 3. The molecule has 1 fully saturated rings. The van der Waals surface area contributed by atoms with Crippen LogP contribution in [0.15, 0.2) is 18.2 Å². The second-order valence-electron chi connectivity index (χ2n) is 5.43. The number of anilines is 2. The third-order valence-corrected chi connectivity index (χ3v) is 3.51. The van der Waals surface area contributed by atoms with Crippen LogP contribution in [-0.4, -0.2) is 20.0 Å². The number of carbonyl (C=O) groups excluding carboxylic acids is 1. The highest BCUT2D eigenvalue weighted by molar-refractivity contribution is 5.97. The van der Waals surface area contributed by atoms with Gasteiger partial charge in [-0.2, -0.15) is 13.2 Å². The first-order valence-electron chi connectivity index (χ1n) is 6.39. The van der Waals surface area contributed by atoms with E-state index >= 15 is 0 Å². The van der Waals surface area contributed by atoms with E-state index in [1.165, 1.54) is 6.07 Å². The Hall–Kier alpha value is -1.72. The fourth-order valence-electron chi connectivity index (χ4n) is 2.12. The molecule has 1 aliphatic carbocycles. The number of amides is 1. The van der Waals surface area contributed by atoms with Crippen LogP contribution < -0.4 is 10.2 Å². The number of nitrogens with zero attached hydrogens (tertiary/aromatic N) is 1. The van der Waals surface area contributed by atoms with Crippen molar-refractivity contribution >= 4 is 17.3 Å². The number of hydrogen-bond donors (Lipinski definition) is 1. The minimum atomic E-state index is -4.42. The molecule has 1 amide bonds. The lowest BCUT2D eigenvalue weighted by Gasteiger charge is -2.19. The zero-order chi connectivity index (χ0) is 15.1. The normalized spacial score (nSPS) is 21.5. The van der Waals surface area contributed by atoms with E-state index < -0.39 is 11.7 Å². The molecule has 2 rings (SSSR count). The maximum atomic E-state index is 12.7. The van der Waals surface area contributed by atoms with E-state index in [0.29, 0.717) is 11.6 Å². The number of nitrogens with one attached hydrogen (secondary N) is 1. The maximum Gasteiger partial charge on any atom is 0.416 e. The predicted molar refractivity (Wildman–Crippen MR) is 71.7 cm³/mol. The molecular formula is C14H17F3N2O. The summed E-state index contributed by atoms with van der Waals surface area (Å²) in [5.41, 5.74) is -0.00387. The molecule has 1 N–H and O–H groups in total. The van der Waals surface area contributed by atoms with Gasteiger partial charge in [0.25, 0.3) is 0 Å². The Kier molecular flexibility index (Phi) is 3.67. The molecule has 0 heterocycles. The van der Waals surface area contributed by atoms with E-state index in [0.717, 1.165) is 18.6 Å². The van der Waals surface area contributed by atoms with Gasteiger partial charge in [0.15, 0.2) is 0 Å². The van der Waals surface area contributed by atoms with Crippen LogP contribution in [0, 0.1) is 11.8 Å². The van der Waals surface area contributed by atoms with Gasteiger partial charge >= 0.3 is 6.18 Å². The average molecular weight is 286 g/mol. The van der Waals surface area contributed by atoms with Crippen molar-refractivity contribution in [3.05, 3.63) is 23.8 Å². The second-order valence-corrected chi connectivity index (χ2v) is 5.43. The Labute approximate surface area is 115 Å². The lowest BCUT2D eigenvalue weighted by Crippen LogP contribution is -2.19. The standard InChI is InChI=1S/C14H17F3N2O/c1-8-6-10(8)13(20)18-11-7-9(14(15,16)17)4-5-12(11)19(2)3/h4-5,7-8,10H,6H2,1-3H3,(H,18,20). The summed E-state index contributed by atoms with van der Waals surface area (Å²) in [6.45, 7) is 1.95. The number of rotatable bonds is 3. The van der Waals surface area contributed by atoms with Crippen LogP contribution in [0.1, 0.15) is 18.9 Å². The minimum Gasteiger partial charge on any atom is -0.376 e. The van der Waals surface area contributed by atoms with Gasteiger partial charge in [-0.25, -0.2) is 0 Å². The molecule has 0 bridgehead atoms. The van der Waals surface area contributed by atoms with Crippen molar-refractivity contribution in [1.29, 1.82) is 0 Å². The summed E-state index contributed by atoms with van der Waals surface area (Å²) in [6.07, 6.45) is -3.63. The SMILES string of the molecule is CC1CC1C(=O)Nc1cc(C(F)(F)F)ccc1N(C)C. The van der Waals surface area contributed by atoms with E-state index in [9.17, 15) is 18.0 Å². The molecule has 3 nitrogen and oxygen atoms in total. The Balaban J connectivity index is 2.29. The lowest BCUT2D eigenvalue weighted by molar-refractivity contribution is -0.137. The molecule has 0 saturated heterocycles. The zero-order valence-corrected chi connectivity index (χ0v) is 11.6. The largest absolute Gasteiger partial charge is 0.416 e. The first-order valence-corrected chi connectivity index (χ1v) is 6.39. The van der Waals surface area contributed by atoms with E-state index in [-0.39, 0.29) is 17.5 Å². The van der Waals surface area contributed by atoms with Crippen LogP contribution in [0.2, 0.25) is 0 Å². The second kappa shape index (κ2) is 5.00. The lowest BCUT2D eigenvalue weighted by atomic mass is 10.1. The molecule has 1 aromatic rings. The van der Waals surface area contributed by atoms with Crippen LogP contribution in [0.4, 0.5) is 24.5 Å². The van der Waals surface area contributed by atoms with Gasteiger partial charge in [0.1, 0.15) is 0 Å². The first kappa shape index (κ1) is 14.7. The predicted octanol–water partition coefficient (Wildman–Crippen LogP) is 3.37. The maximum absolute atomic E-state index is 12.7. The van der Waals surface area contributed by atoms with Crippen LogP contribution in [-0.2, 0) is 11.0 Å². The molecule has 2 unspecified atom stereocenters. The Morgan fingerprint density at radius 3 is 2.40 bits per heavy atom. The Morgan fingerprint density at radius 1 is 1.35 bits per heavy atom. The molecule has 0 aliphatic heterocycles.